The highest BCUT2D eigenvalue weighted by molar-refractivity contribution is 7.91. The second-order valence-corrected chi connectivity index (χ2v) is 11.3. The van der Waals surface area contributed by atoms with Crippen molar-refractivity contribution in [3.8, 4) is 0 Å². The summed E-state index contributed by atoms with van der Waals surface area (Å²) in [5, 5.41) is 14.1. The number of halogens is 1. The van der Waals surface area contributed by atoms with Crippen LogP contribution in [0.5, 0.6) is 0 Å². The number of carbonyl (C=O) groups is 1. The maximum atomic E-state index is 13.0. The monoisotopic (exact) mass is 533 g/mol. The third-order valence-electron chi connectivity index (χ3n) is 6.15. The molecule has 0 aliphatic carbocycles. The van der Waals surface area contributed by atoms with Crippen LogP contribution in [0.3, 0.4) is 0 Å². The molecule has 0 fully saturated rings. The lowest BCUT2D eigenvalue weighted by Gasteiger charge is -2.16. The Kier molecular flexibility index (Phi) is 8.77. The lowest BCUT2D eigenvalue weighted by Crippen LogP contribution is -2.27. The van der Waals surface area contributed by atoms with Crippen molar-refractivity contribution < 1.29 is 18.3 Å². The van der Waals surface area contributed by atoms with Crippen molar-refractivity contribution in [2.24, 2.45) is 0 Å². The SMILES string of the molecule is O=C(NCCc1ccc(S(=O)(=O)CCc2ccccc2)cc1)c1cc(Cl)ccc1C(O)c1ccccc1. The van der Waals surface area contributed by atoms with E-state index in [1.807, 2.05) is 48.5 Å². The number of benzene rings is 4. The molecule has 4 aromatic carbocycles. The zero-order chi connectivity index (χ0) is 26.3. The zero-order valence-electron chi connectivity index (χ0n) is 20.2. The van der Waals surface area contributed by atoms with Crippen molar-refractivity contribution in [2.75, 3.05) is 12.3 Å². The molecule has 4 rings (SSSR count). The summed E-state index contributed by atoms with van der Waals surface area (Å²) in [7, 11) is -3.39. The molecular formula is C30H28ClNO4S. The fraction of sp³-hybridized carbons (Fsp3) is 0.167. The van der Waals surface area contributed by atoms with E-state index in [0.717, 1.165) is 11.1 Å². The number of hydrogen-bond acceptors (Lipinski definition) is 4. The molecule has 0 aliphatic heterocycles. The van der Waals surface area contributed by atoms with Gasteiger partial charge in [-0.2, -0.15) is 0 Å². The molecule has 0 bridgehead atoms. The van der Waals surface area contributed by atoms with Crippen LogP contribution in [0.2, 0.25) is 5.02 Å². The van der Waals surface area contributed by atoms with E-state index in [2.05, 4.69) is 5.32 Å². The largest absolute Gasteiger partial charge is 0.384 e. The first-order valence-corrected chi connectivity index (χ1v) is 14.0. The first-order valence-electron chi connectivity index (χ1n) is 12.0. The Labute approximate surface area is 222 Å². The van der Waals surface area contributed by atoms with Crippen LogP contribution in [-0.4, -0.2) is 31.7 Å². The van der Waals surface area contributed by atoms with E-state index in [1.165, 1.54) is 0 Å². The smallest absolute Gasteiger partial charge is 0.251 e. The van der Waals surface area contributed by atoms with Crippen LogP contribution < -0.4 is 5.32 Å². The molecule has 0 radical (unpaired) electrons. The van der Waals surface area contributed by atoms with E-state index in [-0.39, 0.29) is 16.6 Å². The summed E-state index contributed by atoms with van der Waals surface area (Å²) in [5.41, 5.74) is 3.34. The third kappa shape index (κ3) is 7.07. The number of amides is 1. The van der Waals surface area contributed by atoms with Gasteiger partial charge in [0.2, 0.25) is 0 Å². The number of rotatable bonds is 10. The predicted molar refractivity (Wildman–Crippen MR) is 147 cm³/mol. The van der Waals surface area contributed by atoms with Crippen LogP contribution in [0, 0.1) is 0 Å². The highest BCUT2D eigenvalue weighted by Gasteiger charge is 2.19. The van der Waals surface area contributed by atoms with Gasteiger partial charge in [-0.25, -0.2) is 8.42 Å². The lowest BCUT2D eigenvalue weighted by atomic mass is 9.96. The number of carbonyl (C=O) groups excluding carboxylic acids is 1. The molecule has 0 heterocycles. The van der Waals surface area contributed by atoms with E-state index >= 15 is 0 Å². The predicted octanol–water partition coefficient (Wildman–Crippen LogP) is 5.41. The minimum atomic E-state index is -3.39. The maximum Gasteiger partial charge on any atom is 0.251 e. The van der Waals surface area contributed by atoms with Gasteiger partial charge in [-0.3, -0.25) is 4.79 Å². The van der Waals surface area contributed by atoms with Crippen LogP contribution in [0.25, 0.3) is 0 Å². The van der Waals surface area contributed by atoms with Gasteiger partial charge in [0.05, 0.1) is 10.6 Å². The summed E-state index contributed by atoms with van der Waals surface area (Å²) in [4.78, 5) is 13.2. The molecule has 37 heavy (non-hydrogen) atoms. The van der Waals surface area contributed by atoms with Gasteiger partial charge in [0.25, 0.3) is 5.91 Å². The van der Waals surface area contributed by atoms with Crippen LogP contribution in [-0.2, 0) is 22.7 Å². The van der Waals surface area contributed by atoms with Gasteiger partial charge >= 0.3 is 0 Å². The third-order valence-corrected chi connectivity index (χ3v) is 8.12. The molecule has 4 aromatic rings. The topological polar surface area (TPSA) is 83.5 Å². The summed E-state index contributed by atoms with van der Waals surface area (Å²) < 4.78 is 25.4. The van der Waals surface area contributed by atoms with Crippen molar-refractivity contribution in [2.45, 2.75) is 23.8 Å². The Morgan fingerprint density at radius 2 is 1.43 bits per heavy atom. The average molecular weight is 534 g/mol. The summed E-state index contributed by atoms with van der Waals surface area (Å²) in [6.07, 6.45) is 0.0184. The molecule has 1 amide bonds. The minimum Gasteiger partial charge on any atom is -0.384 e. The molecular weight excluding hydrogens is 506 g/mol. The number of hydrogen-bond donors (Lipinski definition) is 2. The highest BCUT2D eigenvalue weighted by Crippen LogP contribution is 2.27. The number of sulfone groups is 1. The van der Waals surface area contributed by atoms with Gasteiger partial charge in [0.1, 0.15) is 6.10 Å². The van der Waals surface area contributed by atoms with E-state index in [1.54, 1.807) is 54.6 Å². The van der Waals surface area contributed by atoms with Crippen LogP contribution in [0.15, 0.2) is 108 Å². The van der Waals surface area contributed by atoms with Crippen molar-refractivity contribution in [3.05, 3.63) is 136 Å². The van der Waals surface area contributed by atoms with E-state index < -0.39 is 15.9 Å². The molecule has 5 nitrogen and oxygen atoms in total. The van der Waals surface area contributed by atoms with Crippen LogP contribution >= 0.6 is 11.6 Å². The molecule has 0 spiro atoms. The van der Waals surface area contributed by atoms with Crippen molar-refractivity contribution in [3.63, 3.8) is 0 Å². The van der Waals surface area contributed by atoms with Gasteiger partial charge < -0.3 is 10.4 Å². The summed E-state index contributed by atoms with van der Waals surface area (Å²) in [6, 6.07) is 30.3. The van der Waals surface area contributed by atoms with E-state index in [9.17, 15) is 18.3 Å². The second-order valence-electron chi connectivity index (χ2n) is 8.75. The van der Waals surface area contributed by atoms with Crippen LogP contribution in [0.1, 0.15) is 38.7 Å². The number of aryl methyl sites for hydroxylation is 1. The summed E-state index contributed by atoms with van der Waals surface area (Å²) >= 11 is 6.14. The minimum absolute atomic E-state index is 0.0449. The van der Waals surface area contributed by atoms with Crippen molar-refractivity contribution in [1.29, 1.82) is 0 Å². The fourth-order valence-electron chi connectivity index (χ4n) is 4.07. The van der Waals surface area contributed by atoms with Gasteiger partial charge in [-0.15, -0.1) is 0 Å². The maximum absolute atomic E-state index is 13.0. The lowest BCUT2D eigenvalue weighted by molar-refractivity contribution is 0.0949. The van der Waals surface area contributed by atoms with E-state index in [0.29, 0.717) is 41.1 Å². The molecule has 1 unspecified atom stereocenters. The Balaban J connectivity index is 1.36. The Morgan fingerprint density at radius 1 is 0.811 bits per heavy atom. The average Bonchev–Trinajstić information content (AvgIpc) is 2.93. The van der Waals surface area contributed by atoms with E-state index in [4.69, 9.17) is 11.6 Å². The van der Waals surface area contributed by atoms with Crippen molar-refractivity contribution in [1.82, 2.24) is 5.32 Å². The molecule has 7 heteroatoms. The molecule has 1 atom stereocenters. The normalized spacial score (nSPS) is 12.2. The molecule has 0 aliphatic rings. The number of nitrogens with one attached hydrogen (secondary N) is 1. The second kappa shape index (κ2) is 12.2. The van der Waals surface area contributed by atoms with Gasteiger partial charge in [0, 0.05) is 17.1 Å². The molecule has 0 saturated heterocycles. The summed E-state index contributed by atoms with van der Waals surface area (Å²) in [5.74, 6) is -0.295. The Bertz CT molecular complexity index is 1440. The number of aliphatic hydroxyl groups is 1. The van der Waals surface area contributed by atoms with Crippen LogP contribution in [0.4, 0.5) is 0 Å². The Morgan fingerprint density at radius 3 is 2.11 bits per heavy atom. The Hall–Kier alpha value is -3.45. The van der Waals surface area contributed by atoms with Gasteiger partial charge in [-0.1, -0.05) is 90.5 Å². The quantitative estimate of drug-likeness (QED) is 0.285. The number of aliphatic hydroxyl groups excluding tert-OH is 1. The van der Waals surface area contributed by atoms with Gasteiger partial charge in [-0.05, 0) is 59.4 Å². The molecule has 190 valence electrons. The highest BCUT2D eigenvalue weighted by atomic mass is 35.5. The fourth-order valence-corrected chi connectivity index (χ4v) is 5.54. The molecule has 0 aromatic heterocycles. The standard InChI is InChI=1S/C30H28ClNO4S/c31-25-13-16-27(29(33)24-9-5-2-6-10-24)28(21-25)30(34)32-19-17-23-11-14-26(15-12-23)37(35,36)20-18-22-7-3-1-4-8-22/h1-16,21,29,33H,17-20H2,(H,32,34). The first kappa shape index (κ1) is 26.6. The van der Waals surface area contributed by atoms with Crippen molar-refractivity contribution >= 4 is 27.3 Å². The molecule has 2 N–H and O–H groups in total. The zero-order valence-corrected chi connectivity index (χ0v) is 21.8. The summed E-state index contributed by atoms with van der Waals surface area (Å²) in [6.45, 7) is 0.340. The first-order chi connectivity index (χ1) is 17.8. The molecule has 0 saturated carbocycles. The van der Waals surface area contributed by atoms with Gasteiger partial charge in [0.15, 0.2) is 9.84 Å².